The Labute approximate surface area is 235 Å². The van der Waals surface area contributed by atoms with Crippen LogP contribution in [0.25, 0.3) is 11.2 Å². The first kappa shape index (κ1) is 26.1. The van der Waals surface area contributed by atoms with Gasteiger partial charge in [0.05, 0.1) is 5.69 Å². The van der Waals surface area contributed by atoms with Gasteiger partial charge in [0.25, 0.3) is 5.91 Å². The van der Waals surface area contributed by atoms with Crippen molar-refractivity contribution in [2.45, 2.75) is 31.7 Å². The maximum Gasteiger partial charge on any atom is 0.253 e. The fraction of sp³-hybridized carbons (Fsp3) is 0.344. The summed E-state index contributed by atoms with van der Waals surface area (Å²) >= 11 is 0. The topological polar surface area (TPSA) is 69.0 Å². The van der Waals surface area contributed by atoms with E-state index in [1.54, 1.807) is 0 Å². The molecule has 1 amide bonds. The van der Waals surface area contributed by atoms with E-state index in [0.29, 0.717) is 17.6 Å². The lowest BCUT2D eigenvalue weighted by atomic mass is 10.0. The van der Waals surface area contributed by atoms with Crippen molar-refractivity contribution < 1.29 is 4.79 Å². The molecule has 4 heterocycles. The SMILES string of the molecule is CN1CCC(N(C)C(=O)c2ccc(Nc3nc4c(N5CC=C(c6ccccc6)CCC5)cccn4n3)cc2)CC1. The van der Waals surface area contributed by atoms with E-state index >= 15 is 0 Å². The van der Waals surface area contributed by atoms with Crippen molar-refractivity contribution in [1.29, 1.82) is 0 Å². The lowest BCUT2D eigenvalue weighted by molar-refractivity contribution is 0.0659. The summed E-state index contributed by atoms with van der Waals surface area (Å²) in [5.74, 6) is 0.601. The molecule has 0 aliphatic carbocycles. The molecule has 0 saturated carbocycles. The van der Waals surface area contributed by atoms with Crippen LogP contribution in [0.4, 0.5) is 17.3 Å². The number of aromatic nitrogens is 3. The number of fused-ring (bicyclic) bond motifs is 1. The van der Waals surface area contributed by atoms with Crippen LogP contribution >= 0.6 is 0 Å². The molecule has 1 saturated heterocycles. The van der Waals surface area contributed by atoms with E-state index in [1.165, 1.54) is 11.1 Å². The Bertz CT molecular complexity index is 1490. The zero-order valence-electron chi connectivity index (χ0n) is 23.3. The van der Waals surface area contributed by atoms with E-state index in [4.69, 9.17) is 4.98 Å². The number of benzene rings is 2. The van der Waals surface area contributed by atoms with Gasteiger partial charge in [-0.25, -0.2) is 4.52 Å². The number of likely N-dealkylation sites (tertiary alicyclic amines) is 1. The Hall–Kier alpha value is -4.17. The number of nitrogens with one attached hydrogen (secondary N) is 1. The lowest BCUT2D eigenvalue weighted by Gasteiger charge is -2.35. The molecule has 8 heteroatoms. The number of amides is 1. The molecule has 0 unspecified atom stereocenters. The summed E-state index contributed by atoms with van der Waals surface area (Å²) in [6.45, 7) is 3.86. The van der Waals surface area contributed by atoms with E-state index in [1.807, 2.05) is 53.0 Å². The standard InChI is InChI=1S/C32H37N7O/c1-36-21-17-28(18-22-36)37(2)31(40)26-12-14-27(15-13-26)33-32-34-30-29(11-7-20-39(30)35-32)38-19-6-10-25(16-23-38)24-8-4-3-5-9-24/h3-5,7-9,11-16,20,28H,6,10,17-19,21-23H2,1-2H3,(H,33,35). The predicted octanol–water partition coefficient (Wildman–Crippen LogP) is 5.32. The van der Waals surface area contributed by atoms with Crippen LogP contribution in [0.2, 0.25) is 0 Å². The van der Waals surface area contributed by atoms with Gasteiger partial charge in [0.1, 0.15) is 0 Å². The van der Waals surface area contributed by atoms with Gasteiger partial charge in [-0.05, 0) is 93.4 Å². The molecule has 0 bridgehead atoms. The monoisotopic (exact) mass is 535 g/mol. The molecule has 0 spiro atoms. The summed E-state index contributed by atoms with van der Waals surface area (Å²) in [5, 5.41) is 8.00. The minimum atomic E-state index is 0.0681. The highest BCUT2D eigenvalue weighted by atomic mass is 16.2. The summed E-state index contributed by atoms with van der Waals surface area (Å²) in [7, 11) is 4.06. The Balaban J connectivity index is 1.15. The normalized spacial score (nSPS) is 16.9. The van der Waals surface area contributed by atoms with Gasteiger partial charge in [0.2, 0.25) is 5.95 Å². The Kier molecular flexibility index (Phi) is 7.51. The van der Waals surface area contributed by atoms with Crippen molar-refractivity contribution >= 4 is 34.5 Å². The number of nitrogens with zero attached hydrogens (tertiary/aromatic N) is 6. The van der Waals surface area contributed by atoms with Gasteiger partial charge in [-0.2, -0.15) is 4.98 Å². The molecule has 0 atom stereocenters. The molecule has 1 fully saturated rings. The highest BCUT2D eigenvalue weighted by Crippen LogP contribution is 2.28. The van der Waals surface area contributed by atoms with Crippen molar-refractivity contribution in [3.63, 3.8) is 0 Å². The van der Waals surface area contributed by atoms with Crippen LogP contribution in [0, 0.1) is 0 Å². The van der Waals surface area contributed by atoms with Crippen LogP contribution in [0.15, 0.2) is 79.0 Å². The molecular formula is C32H37N7O. The van der Waals surface area contributed by atoms with Gasteiger partial charge < -0.3 is 20.0 Å². The fourth-order valence-corrected chi connectivity index (χ4v) is 5.78. The number of rotatable bonds is 6. The van der Waals surface area contributed by atoms with E-state index in [9.17, 15) is 4.79 Å². The predicted molar refractivity (Wildman–Crippen MR) is 161 cm³/mol. The molecule has 2 aliphatic heterocycles. The number of hydrogen-bond acceptors (Lipinski definition) is 6. The third-order valence-electron chi connectivity index (χ3n) is 8.20. The zero-order chi connectivity index (χ0) is 27.5. The Morgan fingerprint density at radius 2 is 1.75 bits per heavy atom. The number of anilines is 3. The van der Waals surface area contributed by atoms with Gasteiger partial charge in [0.15, 0.2) is 5.65 Å². The van der Waals surface area contributed by atoms with Gasteiger partial charge in [-0.3, -0.25) is 4.79 Å². The highest BCUT2D eigenvalue weighted by Gasteiger charge is 2.24. The zero-order valence-corrected chi connectivity index (χ0v) is 23.3. The average molecular weight is 536 g/mol. The summed E-state index contributed by atoms with van der Waals surface area (Å²) in [5.41, 5.74) is 6.15. The maximum atomic E-state index is 13.1. The van der Waals surface area contributed by atoms with E-state index in [0.717, 1.165) is 68.9 Å². The summed E-state index contributed by atoms with van der Waals surface area (Å²) in [4.78, 5) is 24.5. The molecule has 2 aliphatic rings. The van der Waals surface area contributed by atoms with Crippen molar-refractivity contribution in [3.8, 4) is 0 Å². The van der Waals surface area contributed by atoms with E-state index in [2.05, 4.69) is 69.7 Å². The second kappa shape index (κ2) is 11.5. The summed E-state index contributed by atoms with van der Waals surface area (Å²) in [6, 6.07) is 22.7. The van der Waals surface area contributed by atoms with Crippen LogP contribution < -0.4 is 10.2 Å². The van der Waals surface area contributed by atoms with Crippen LogP contribution in [-0.2, 0) is 0 Å². The number of allylic oxidation sites excluding steroid dienone is 1. The third kappa shape index (κ3) is 5.58. The number of piperidine rings is 1. The second-order valence-electron chi connectivity index (χ2n) is 10.9. The highest BCUT2D eigenvalue weighted by molar-refractivity contribution is 5.94. The van der Waals surface area contributed by atoms with Crippen LogP contribution in [0.5, 0.6) is 0 Å². The third-order valence-corrected chi connectivity index (χ3v) is 8.20. The van der Waals surface area contributed by atoms with Gasteiger partial charge in [-0.1, -0.05) is 36.4 Å². The molecule has 206 valence electrons. The molecule has 8 nitrogen and oxygen atoms in total. The molecule has 1 N–H and O–H groups in total. The largest absolute Gasteiger partial charge is 0.365 e. The van der Waals surface area contributed by atoms with Gasteiger partial charge in [0, 0.05) is 43.6 Å². The average Bonchev–Trinajstić information content (AvgIpc) is 3.24. The fourth-order valence-electron chi connectivity index (χ4n) is 5.78. The van der Waals surface area contributed by atoms with E-state index < -0.39 is 0 Å². The second-order valence-corrected chi connectivity index (χ2v) is 10.9. The van der Waals surface area contributed by atoms with Crippen molar-refractivity contribution in [2.24, 2.45) is 0 Å². The van der Waals surface area contributed by atoms with Crippen LogP contribution in [0.1, 0.15) is 41.6 Å². The first-order valence-corrected chi connectivity index (χ1v) is 14.2. The molecule has 2 aromatic heterocycles. The van der Waals surface area contributed by atoms with Crippen LogP contribution in [-0.4, -0.2) is 76.6 Å². The minimum absolute atomic E-state index is 0.0681. The van der Waals surface area contributed by atoms with Crippen molar-refractivity contribution in [1.82, 2.24) is 24.4 Å². The Morgan fingerprint density at radius 3 is 2.52 bits per heavy atom. The number of carbonyl (C=O) groups excluding carboxylic acids is 1. The van der Waals surface area contributed by atoms with Gasteiger partial charge in [-0.15, -0.1) is 5.10 Å². The number of carbonyl (C=O) groups is 1. The molecule has 2 aromatic carbocycles. The number of pyridine rings is 1. The van der Waals surface area contributed by atoms with Gasteiger partial charge >= 0.3 is 0 Å². The smallest absolute Gasteiger partial charge is 0.253 e. The molecule has 6 rings (SSSR count). The molecule has 0 radical (unpaired) electrons. The summed E-state index contributed by atoms with van der Waals surface area (Å²) < 4.78 is 1.83. The first-order chi connectivity index (χ1) is 19.5. The van der Waals surface area contributed by atoms with E-state index in [-0.39, 0.29) is 5.91 Å². The first-order valence-electron chi connectivity index (χ1n) is 14.2. The molecule has 4 aromatic rings. The summed E-state index contributed by atoms with van der Waals surface area (Å²) in [6.07, 6.45) is 8.45. The van der Waals surface area contributed by atoms with Crippen LogP contribution in [0.3, 0.4) is 0 Å². The number of hydrogen-bond donors (Lipinski definition) is 1. The molecule has 40 heavy (non-hydrogen) atoms. The molecular weight excluding hydrogens is 498 g/mol. The maximum absolute atomic E-state index is 13.1. The van der Waals surface area contributed by atoms with Crippen molar-refractivity contribution in [3.05, 3.63) is 90.1 Å². The minimum Gasteiger partial charge on any atom is -0.365 e. The Morgan fingerprint density at radius 1 is 0.975 bits per heavy atom. The van der Waals surface area contributed by atoms with Crippen molar-refractivity contribution in [2.75, 3.05) is 50.5 Å². The quantitative estimate of drug-likeness (QED) is 0.360. The lowest BCUT2D eigenvalue weighted by Crippen LogP contribution is -2.44.